The number of carbonyl (C=O) groups excluding carboxylic acids is 1. The maximum atomic E-state index is 12.8. The molecule has 0 N–H and O–H groups in total. The van der Waals surface area contributed by atoms with Crippen LogP contribution in [0.15, 0.2) is 24.3 Å². The van der Waals surface area contributed by atoms with Crippen molar-refractivity contribution in [3.05, 3.63) is 35.4 Å². The number of carbonyl (C=O) groups is 1. The molecule has 1 unspecified atom stereocenters. The van der Waals surface area contributed by atoms with E-state index in [0.29, 0.717) is 23.8 Å². The first-order chi connectivity index (χ1) is 9.08. The van der Waals surface area contributed by atoms with Crippen molar-refractivity contribution < 1.29 is 4.79 Å². The molecular formula is C17H23NO. The van der Waals surface area contributed by atoms with Crippen LogP contribution in [-0.2, 0) is 6.42 Å². The van der Waals surface area contributed by atoms with E-state index in [1.807, 2.05) is 18.2 Å². The molecule has 2 nitrogen and oxygen atoms in total. The van der Waals surface area contributed by atoms with Gasteiger partial charge in [-0.2, -0.15) is 0 Å². The lowest BCUT2D eigenvalue weighted by molar-refractivity contribution is 0.0705. The Morgan fingerprint density at radius 3 is 2.74 bits per heavy atom. The molecule has 102 valence electrons. The largest absolute Gasteiger partial charge is 0.335 e. The molecule has 0 bridgehead atoms. The zero-order chi connectivity index (χ0) is 13.6. The zero-order valence-electron chi connectivity index (χ0n) is 12.1. The molecule has 19 heavy (non-hydrogen) atoms. The van der Waals surface area contributed by atoms with Crippen LogP contribution in [0.4, 0.5) is 0 Å². The molecule has 0 aromatic heterocycles. The summed E-state index contributed by atoms with van der Waals surface area (Å²) in [4.78, 5) is 14.9. The van der Waals surface area contributed by atoms with Crippen molar-refractivity contribution in [3.63, 3.8) is 0 Å². The molecule has 1 saturated heterocycles. The third-order valence-corrected chi connectivity index (χ3v) is 5.03. The minimum atomic E-state index is 0.258. The molecular weight excluding hydrogens is 234 g/mol. The molecule has 1 aromatic rings. The second-order valence-electron chi connectivity index (χ2n) is 6.60. The van der Waals surface area contributed by atoms with Crippen LogP contribution in [-0.4, -0.2) is 23.4 Å². The molecule has 2 heteroatoms. The minimum absolute atomic E-state index is 0.258. The van der Waals surface area contributed by atoms with Gasteiger partial charge in [-0.15, -0.1) is 0 Å². The van der Waals surface area contributed by atoms with Crippen molar-refractivity contribution in [2.45, 2.75) is 39.7 Å². The van der Waals surface area contributed by atoms with Gasteiger partial charge in [0, 0.05) is 18.2 Å². The summed E-state index contributed by atoms with van der Waals surface area (Å²) in [5.74, 6) is 2.16. The average molecular weight is 257 g/mol. The highest BCUT2D eigenvalue weighted by Gasteiger charge is 2.41. The van der Waals surface area contributed by atoms with Crippen LogP contribution in [0.5, 0.6) is 0 Å². The van der Waals surface area contributed by atoms with Crippen LogP contribution in [0.2, 0.25) is 0 Å². The third-order valence-electron chi connectivity index (χ3n) is 5.03. The molecule has 3 rings (SSSR count). The molecule has 1 amide bonds. The third kappa shape index (κ3) is 2.07. The predicted octanol–water partition coefficient (Wildman–Crippen LogP) is 3.37. The minimum Gasteiger partial charge on any atom is -0.335 e. The summed E-state index contributed by atoms with van der Waals surface area (Å²) < 4.78 is 0. The van der Waals surface area contributed by atoms with Crippen molar-refractivity contribution >= 4 is 5.91 Å². The molecule has 0 radical (unpaired) electrons. The highest BCUT2D eigenvalue weighted by Crippen LogP contribution is 2.37. The molecule has 0 saturated carbocycles. The Kier molecular flexibility index (Phi) is 3.12. The lowest BCUT2D eigenvalue weighted by Gasteiger charge is -2.26. The van der Waals surface area contributed by atoms with E-state index in [-0.39, 0.29) is 5.91 Å². The number of amides is 1. The molecule has 2 aliphatic rings. The van der Waals surface area contributed by atoms with Crippen LogP contribution >= 0.6 is 0 Å². The van der Waals surface area contributed by atoms with Crippen molar-refractivity contribution in [1.29, 1.82) is 0 Å². The topological polar surface area (TPSA) is 20.3 Å². The van der Waals surface area contributed by atoms with Gasteiger partial charge in [-0.3, -0.25) is 4.79 Å². The van der Waals surface area contributed by atoms with Gasteiger partial charge in [-0.05, 0) is 42.2 Å². The Bertz CT molecular complexity index is 494. The van der Waals surface area contributed by atoms with Gasteiger partial charge < -0.3 is 4.90 Å². The normalized spacial score (nSPS) is 30.2. The molecule has 0 aliphatic carbocycles. The SMILES string of the molecule is CC(C)[C@H]1C[C@H]2C(C)Cc3ccccc3C(=O)N2C1. The fraction of sp³-hybridized carbons (Fsp3) is 0.588. The fourth-order valence-corrected chi connectivity index (χ4v) is 3.70. The van der Waals surface area contributed by atoms with Crippen molar-refractivity contribution in [2.75, 3.05) is 6.54 Å². The van der Waals surface area contributed by atoms with Crippen LogP contribution in [0.1, 0.15) is 43.1 Å². The Morgan fingerprint density at radius 2 is 2.00 bits per heavy atom. The Labute approximate surface area is 115 Å². The first kappa shape index (κ1) is 12.7. The van der Waals surface area contributed by atoms with Gasteiger partial charge in [0.1, 0.15) is 0 Å². The standard InChI is InChI=1S/C17H23NO/c1-11(2)14-9-16-12(3)8-13-6-4-5-7-15(13)17(19)18(16)10-14/h4-7,11-12,14,16H,8-10H2,1-3H3/t12?,14-,16-/m0/s1. The second kappa shape index (κ2) is 4.66. The number of rotatable bonds is 1. The Balaban J connectivity index is 1.97. The first-order valence-electron chi connectivity index (χ1n) is 7.46. The van der Waals surface area contributed by atoms with Gasteiger partial charge in [0.05, 0.1) is 0 Å². The molecule has 2 heterocycles. The lowest BCUT2D eigenvalue weighted by atomic mass is 9.87. The van der Waals surface area contributed by atoms with E-state index in [2.05, 4.69) is 31.7 Å². The molecule has 3 atom stereocenters. The highest BCUT2D eigenvalue weighted by molar-refractivity contribution is 5.96. The van der Waals surface area contributed by atoms with E-state index in [1.54, 1.807) is 0 Å². The summed E-state index contributed by atoms with van der Waals surface area (Å²) in [5, 5.41) is 0. The van der Waals surface area contributed by atoms with Gasteiger partial charge in [-0.1, -0.05) is 39.0 Å². The van der Waals surface area contributed by atoms with Gasteiger partial charge in [0.25, 0.3) is 5.91 Å². The summed E-state index contributed by atoms with van der Waals surface area (Å²) in [6.45, 7) is 7.80. The molecule has 1 aromatic carbocycles. The number of hydrogen-bond donors (Lipinski definition) is 0. The van der Waals surface area contributed by atoms with Gasteiger partial charge in [-0.25, -0.2) is 0 Å². The Hall–Kier alpha value is -1.31. The Morgan fingerprint density at radius 1 is 1.26 bits per heavy atom. The summed E-state index contributed by atoms with van der Waals surface area (Å²) in [6.07, 6.45) is 2.21. The average Bonchev–Trinajstić information content (AvgIpc) is 2.80. The van der Waals surface area contributed by atoms with Crippen LogP contribution in [0.25, 0.3) is 0 Å². The zero-order valence-corrected chi connectivity index (χ0v) is 12.1. The van der Waals surface area contributed by atoms with Crippen LogP contribution < -0.4 is 0 Å². The van der Waals surface area contributed by atoms with Crippen molar-refractivity contribution in [2.24, 2.45) is 17.8 Å². The monoisotopic (exact) mass is 257 g/mol. The van der Waals surface area contributed by atoms with Crippen LogP contribution in [0.3, 0.4) is 0 Å². The summed E-state index contributed by atoms with van der Waals surface area (Å²) >= 11 is 0. The lowest BCUT2D eigenvalue weighted by Crippen LogP contribution is -2.37. The van der Waals surface area contributed by atoms with E-state index < -0.39 is 0 Å². The van der Waals surface area contributed by atoms with Gasteiger partial charge >= 0.3 is 0 Å². The van der Waals surface area contributed by atoms with Crippen molar-refractivity contribution in [3.8, 4) is 0 Å². The first-order valence-corrected chi connectivity index (χ1v) is 7.46. The fourth-order valence-electron chi connectivity index (χ4n) is 3.70. The quantitative estimate of drug-likeness (QED) is 0.755. The molecule has 0 spiro atoms. The number of fused-ring (bicyclic) bond motifs is 2. The van der Waals surface area contributed by atoms with Crippen molar-refractivity contribution in [1.82, 2.24) is 4.90 Å². The number of hydrogen-bond acceptors (Lipinski definition) is 1. The van der Waals surface area contributed by atoms with E-state index in [9.17, 15) is 4.79 Å². The summed E-state index contributed by atoms with van der Waals surface area (Å²) in [6, 6.07) is 8.58. The van der Waals surface area contributed by atoms with E-state index >= 15 is 0 Å². The maximum Gasteiger partial charge on any atom is 0.254 e. The number of nitrogens with zero attached hydrogens (tertiary/aromatic N) is 1. The van der Waals surface area contributed by atoms with Gasteiger partial charge in [0.2, 0.25) is 0 Å². The predicted molar refractivity (Wildman–Crippen MR) is 77.1 cm³/mol. The van der Waals surface area contributed by atoms with E-state index in [4.69, 9.17) is 0 Å². The summed E-state index contributed by atoms with van der Waals surface area (Å²) in [5.41, 5.74) is 2.16. The molecule has 1 fully saturated rings. The number of benzene rings is 1. The second-order valence-corrected chi connectivity index (χ2v) is 6.60. The smallest absolute Gasteiger partial charge is 0.254 e. The van der Waals surface area contributed by atoms with E-state index in [0.717, 1.165) is 18.5 Å². The van der Waals surface area contributed by atoms with Gasteiger partial charge in [0.15, 0.2) is 0 Å². The van der Waals surface area contributed by atoms with E-state index in [1.165, 1.54) is 12.0 Å². The molecule has 2 aliphatic heterocycles. The summed E-state index contributed by atoms with van der Waals surface area (Å²) in [7, 11) is 0. The highest BCUT2D eigenvalue weighted by atomic mass is 16.2. The van der Waals surface area contributed by atoms with Crippen LogP contribution in [0, 0.1) is 17.8 Å². The maximum absolute atomic E-state index is 12.8.